The molecule has 0 fully saturated rings. The van der Waals surface area contributed by atoms with Crippen LogP contribution >= 0.6 is 0 Å². The number of amides is 1. The van der Waals surface area contributed by atoms with Gasteiger partial charge in [0.2, 0.25) is 5.16 Å². The number of anilines is 1. The van der Waals surface area contributed by atoms with Crippen LogP contribution < -0.4 is 20.3 Å². The summed E-state index contributed by atoms with van der Waals surface area (Å²) in [6, 6.07) is 14.3. The maximum absolute atomic E-state index is 13.9. The Hall–Kier alpha value is -4.25. The van der Waals surface area contributed by atoms with E-state index in [1.165, 1.54) is 6.26 Å². The van der Waals surface area contributed by atoms with Crippen LogP contribution in [0.25, 0.3) is 22.2 Å². The van der Waals surface area contributed by atoms with E-state index in [0.717, 1.165) is 5.56 Å². The van der Waals surface area contributed by atoms with Crippen LogP contribution in [0, 0.1) is 0 Å². The quantitative estimate of drug-likeness (QED) is 0.303. The molecule has 0 bridgehead atoms. The lowest BCUT2D eigenvalue weighted by molar-refractivity contribution is 0.0636. The van der Waals surface area contributed by atoms with Gasteiger partial charge in [-0.3, -0.25) is 18.9 Å². The number of pyridine rings is 1. The molecule has 2 aromatic heterocycles. The Morgan fingerprint density at radius 3 is 2.25 bits per heavy atom. The second kappa shape index (κ2) is 11.9. The molecule has 0 aliphatic heterocycles. The second-order valence-corrected chi connectivity index (χ2v) is 11.3. The first-order chi connectivity index (χ1) is 19.0. The van der Waals surface area contributed by atoms with Gasteiger partial charge >= 0.3 is 6.09 Å². The molecule has 4 aromatic rings. The maximum Gasteiger partial charge on any atom is 0.412 e. The topological polar surface area (TPSA) is 122 Å². The third-order valence-corrected chi connectivity index (χ3v) is 6.66. The van der Waals surface area contributed by atoms with E-state index in [1.54, 1.807) is 82.2 Å². The molecule has 1 unspecified atom stereocenters. The largest absolute Gasteiger partial charge is 0.497 e. The van der Waals surface area contributed by atoms with Crippen molar-refractivity contribution in [2.75, 3.05) is 25.8 Å². The number of aromatic nitrogens is 3. The predicted molar refractivity (Wildman–Crippen MR) is 155 cm³/mol. The molecule has 1 atom stereocenters. The zero-order valence-electron chi connectivity index (χ0n) is 23.3. The van der Waals surface area contributed by atoms with Crippen molar-refractivity contribution in [1.82, 2.24) is 14.5 Å². The number of fused-ring (bicyclic) bond motifs is 1. The summed E-state index contributed by atoms with van der Waals surface area (Å²) in [6.45, 7) is 5.70. The van der Waals surface area contributed by atoms with Crippen molar-refractivity contribution < 1.29 is 23.2 Å². The van der Waals surface area contributed by atoms with Crippen LogP contribution in [0.15, 0.2) is 64.7 Å². The normalized spacial score (nSPS) is 12.2. The van der Waals surface area contributed by atoms with E-state index in [0.29, 0.717) is 52.3 Å². The number of hydrogen-bond donors (Lipinski definition) is 1. The summed E-state index contributed by atoms with van der Waals surface area (Å²) in [6.07, 6.45) is 3.04. The Morgan fingerprint density at radius 1 is 1.02 bits per heavy atom. The Kier molecular flexibility index (Phi) is 8.53. The molecule has 10 nitrogen and oxygen atoms in total. The third-order valence-electron chi connectivity index (χ3n) is 5.95. The molecule has 0 saturated carbocycles. The van der Waals surface area contributed by atoms with Crippen molar-refractivity contribution in [3.8, 4) is 22.6 Å². The van der Waals surface area contributed by atoms with E-state index >= 15 is 0 Å². The summed E-state index contributed by atoms with van der Waals surface area (Å²) in [4.78, 5) is 34.6. The van der Waals surface area contributed by atoms with Gasteiger partial charge in [-0.15, -0.1) is 0 Å². The summed E-state index contributed by atoms with van der Waals surface area (Å²) in [5.41, 5.74) is 2.12. The highest BCUT2D eigenvalue weighted by Crippen LogP contribution is 2.29. The zero-order chi connectivity index (χ0) is 29.0. The number of rotatable bonds is 8. The van der Waals surface area contributed by atoms with Crippen LogP contribution in [-0.2, 0) is 28.5 Å². The van der Waals surface area contributed by atoms with Crippen LogP contribution in [0.1, 0.15) is 26.3 Å². The Bertz CT molecular complexity index is 1600. The Balaban J connectivity index is 1.69. The van der Waals surface area contributed by atoms with Gasteiger partial charge in [0.25, 0.3) is 5.56 Å². The summed E-state index contributed by atoms with van der Waals surface area (Å²) in [7, 11) is 1.68. The van der Waals surface area contributed by atoms with Crippen molar-refractivity contribution in [3.63, 3.8) is 0 Å². The number of carbonyl (C=O) groups excluding carboxylic acids is 1. The minimum atomic E-state index is -1.42. The smallest absolute Gasteiger partial charge is 0.412 e. The SMILES string of the molecule is COc1cc(OC)cc(-c2cc3cnc(S(C)=O)nc3n(CCc3ccc(NC(=O)OC(C)(C)C)cc3)c2=O)c1. The number of methoxy groups -OCH3 is 2. The van der Waals surface area contributed by atoms with Crippen LogP contribution in [-0.4, -0.2) is 50.9 Å². The molecule has 0 spiro atoms. The highest BCUT2D eigenvalue weighted by atomic mass is 32.2. The molecule has 2 aromatic carbocycles. The Morgan fingerprint density at radius 2 is 1.68 bits per heavy atom. The minimum Gasteiger partial charge on any atom is -0.497 e. The molecule has 210 valence electrons. The summed E-state index contributed by atoms with van der Waals surface area (Å²) in [5, 5.41) is 3.49. The molecule has 0 aliphatic rings. The number of benzene rings is 2. The standard InChI is InChI=1S/C29H32N4O6S/c1-29(2,3)39-28(35)31-21-9-7-18(8-10-21)11-12-33-25-20(17-30-27(32-25)40(6)36)15-24(26(33)34)19-13-22(37-4)16-23(14-19)38-5/h7-10,13-17H,11-12H2,1-6H3,(H,31,35). The highest BCUT2D eigenvalue weighted by Gasteiger charge is 2.17. The fourth-order valence-corrected chi connectivity index (χ4v) is 4.49. The van der Waals surface area contributed by atoms with Crippen LogP contribution in [0.2, 0.25) is 0 Å². The van der Waals surface area contributed by atoms with E-state index in [9.17, 15) is 13.8 Å². The number of hydrogen-bond acceptors (Lipinski definition) is 8. The van der Waals surface area contributed by atoms with Gasteiger partial charge in [0, 0.05) is 41.7 Å². The van der Waals surface area contributed by atoms with E-state index in [4.69, 9.17) is 14.2 Å². The average molecular weight is 565 g/mol. The molecule has 2 heterocycles. The van der Waals surface area contributed by atoms with Gasteiger partial charge in [0.05, 0.1) is 25.0 Å². The number of nitrogens with one attached hydrogen (secondary N) is 1. The second-order valence-electron chi connectivity index (χ2n) is 10.1. The van der Waals surface area contributed by atoms with Crippen molar-refractivity contribution in [1.29, 1.82) is 0 Å². The summed E-state index contributed by atoms with van der Waals surface area (Å²) < 4.78 is 29.8. The summed E-state index contributed by atoms with van der Waals surface area (Å²) >= 11 is 0. The van der Waals surface area contributed by atoms with Crippen LogP contribution in [0.3, 0.4) is 0 Å². The minimum absolute atomic E-state index is 0.147. The maximum atomic E-state index is 13.9. The third kappa shape index (κ3) is 6.84. The molecular weight excluding hydrogens is 532 g/mol. The van der Waals surface area contributed by atoms with Crippen LogP contribution in [0.4, 0.5) is 10.5 Å². The molecule has 1 N–H and O–H groups in total. The molecule has 0 saturated heterocycles. The van der Waals surface area contributed by atoms with Gasteiger partial charge in [-0.25, -0.2) is 14.8 Å². The summed E-state index contributed by atoms with van der Waals surface area (Å²) in [5.74, 6) is 1.10. The van der Waals surface area contributed by atoms with Gasteiger partial charge in [-0.05, 0) is 68.7 Å². The predicted octanol–water partition coefficient (Wildman–Crippen LogP) is 4.80. The first-order valence-corrected chi connectivity index (χ1v) is 14.1. The Labute approximate surface area is 234 Å². The first kappa shape index (κ1) is 28.8. The zero-order valence-corrected chi connectivity index (χ0v) is 24.1. The van der Waals surface area contributed by atoms with Crippen molar-refractivity contribution in [3.05, 3.63) is 70.6 Å². The number of nitrogens with zero attached hydrogens (tertiary/aromatic N) is 3. The van der Waals surface area contributed by atoms with Gasteiger partial charge in [0.15, 0.2) is 0 Å². The highest BCUT2D eigenvalue weighted by molar-refractivity contribution is 7.84. The molecule has 4 rings (SSSR count). The van der Waals surface area contributed by atoms with Crippen molar-refractivity contribution in [2.24, 2.45) is 0 Å². The molecule has 1 amide bonds. The van der Waals surface area contributed by atoms with Crippen LogP contribution in [0.5, 0.6) is 11.5 Å². The lowest BCUT2D eigenvalue weighted by Crippen LogP contribution is -2.27. The number of aryl methyl sites for hydroxylation is 2. The van der Waals surface area contributed by atoms with Gasteiger partial charge in [0.1, 0.15) is 22.7 Å². The van der Waals surface area contributed by atoms with E-state index < -0.39 is 22.5 Å². The average Bonchev–Trinajstić information content (AvgIpc) is 2.91. The molecule has 0 radical (unpaired) electrons. The van der Waals surface area contributed by atoms with E-state index in [1.807, 2.05) is 12.1 Å². The fraction of sp³-hybridized carbons (Fsp3) is 0.310. The number of carbonyl (C=O) groups is 1. The van der Waals surface area contributed by atoms with E-state index in [2.05, 4.69) is 15.3 Å². The molecule has 40 heavy (non-hydrogen) atoms. The molecule has 11 heteroatoms. The lowest BCUT2D eigenvalue weighted by atomic mass is 10.0. The monoisotopic (exact) mass is 564 g/mol. The fourth-order valence-electron chi connectivity index (χ4n) is 4.08. The molecular formula is C29H32N4O6S. The van der Waals surface area contributed by atoms with E-state index in [-0.39, 0.29) is 10.7 Å². The van der Waals surface area contributed by atoms with Gasteiger partial charge in [-0.2, -0.15) is 0 Å². The number of ether oxygens (including phenoxy) is 3. The molecule has 0 aliphatic carbocycles. The van der Waals surface area contributed by atoms with Gasteiger partial charge < -0.3 is 14.2 Å². The first-order valence-electron chi connectivity index (χ1n) is 12.5. The van der Waals surface area contributed by atoms with Crippen molar-refractivity contribution in [2.45, 2.75) is 44.5 Å². The van der Waals surface area contributed by atoms with Crippen molar-refractivity contribution >= 4 is 33.6 Å². The van der Waals surface area contributed by atoms with Gasteiger partial charge in [-0.1, -0.05) is 12.1 Å². The lowest BCUT2D eigenvalue weighted by Gasteiger charge is -2.19.